The zero-order valence-electron chi connectivity index (χ0n) is 22.7. The number of thioether (sulfide) groups is 1. The van der Waals surface area contributed by atoms with Gasteiger partial charge in [-0.2, -0.15) is 0 Å². The Hall–Kier alpha value is 0.0300. The largest absolute Gasteiger partial charge is 0.480 e. The summed E-state index contributed by atoms with van der Waals surface area (Å²) in [6.07, 6.45) is 26.9. The first-order valence-corrected chi connectivity index (χ1v) is 17.1. The summed E-state index contributed by atoms with van der Waals surface area (Å²) in [5.74, 6) is 0.999. The van der Waals surface area contributed by atoms with Crippen LogP contribution in [-0.2, 0) is 4.79 Å². The fraction of sp³-hybridized carbons (Fsp3) is 0.967. The van der Waals surface area contributed by atoms with Crippen LogP contribution < -0.4 is 10.6 Å². The molecule has 36 heavy (non-hydrogen) atoms. The van der Waals surface area contributed by atoms with Crippen LogP contribution in [0.4, 0.5) is 0 Å². The Kier molecular flexibility index (Phi) is 12.1. The molecular weight excluding hydrogens is 488 g/mol. The van der Waals surface area contributed by atoms with Gasteiger partial charge in [-0.3, -0.25) is 10.1 Å². The third-order valence-electron chi connectivity index (χ3n) is 9.92. The van der Waals surface area contributed by atoms with E-state index in [0.717, 1.165) is 25.2 Å². The van der Waals surface area contributed by atoms with E-state index in [1.165, 1.54) is 116 Å². The van der Waals surface area contributed by atoms with E-state index in [2.05, 4.69) is 10.6 Å². The molecule has 6 heteroatoms. The lowest BCUT2D eigenvalue weighted by atomic mass is 9.77. The molecule has 3 N–H and O–H groups in total. The summed E-state index contributed by atoms with van der Waals surface area (Å²) in [4.78, 5) is 12.8. The summed E-state index contributed by atoms with van der Waals surface area (Å²) in [5.41, 5.74) is -0.797. The van der Waals surface area contributed by atoms with Crippen molar-refractivity contribution >= 4 is 29.3 Å². The number of hydrogen-bond acceptors (Lipinski definition) is 4. The highest BCUT2D eigenvalue weighted by Gasteiger charge is 2.53. The van der Waals surface area contributed by atoms with E-state index >= 15 is 0 Å². The minimum absolute atomic E-state index is 0.0719. The predicted octanol–water partition coefficient (Wildman–Crippen LogP) is 7.87. The van der Waals surface area contributed by atoms with Crippen molar-refractivity contribution in [2.75, 3.05) is 5.75 Å². The summed E-state index contributed by atoms with van der Waals surface area (Å²) < 4.78 is 0. The number of alkyl halides is 1. The predicted molar refractivity (Wildman–Crippen MR) is 154 cm³/mol. The molecule has 2 saturated carbocycles. The van der Waals surface area contributed by atoms with Gasteiger partial charge in [0.2, 0.25) is 0 Å². The van der Waals surface area contributed by atoms with E-state index in [-0.39, 0.29) is 22.7 Å². The van der Waals surface area contributed by atoms with Crippen LogP contribution in [0.1, 0.15) is 135 Å². The van der Waals surface area contributed by atoms with Gasteiger partial charge in [-0.1, -0.05) is 96.3 Å². The first kappa shape index (κ1) is 29.0. The Morgan fingerprint density at radius 2 is 1.22 bits per heavy atom. The molecule has 5 unspecified atom stereocenters. The van der Waals surface area contributed by atoms with E-state index in [0.29, 0.717) is 11.8 Å². The minimum Gasteiger partial charge on any atom is -0.480 e. The van der Waals surface area contributed by atoms with Crippen LogP contribution in [0.2, 0.25) is 0 Å². The minimum atomic E-state index is -0.797. The Labute approximate surface area is 230 Å². The Balaban J connectivity index is 1.41. The number of carbonyl (C=O) groups is 1. The first-order valence-electron chi connectivity index (χ1n) is 15.6. The van der Waals surface area contributed by atoms with Crippen LogP contribution in [0.25, 0.3) is 0 Å². The number of carboxylic acids is 1. The molecule has 2 heterocycles. The number of aliphatic carboxylic acids is 1. The number of rotatable bonds is 4. The molecule has 208 valence electrons. The molecule has 2 aliphatic heterocycles. The highest BCUT2D eigenvalue weighted by molar-refractivity contribution is 8.00. The van der Waals surface area contributed by atoms with E-state index < -0.39 is 11.5 Å². The average molecular weight is 541 g/mol. The normalized spacial score (nSPS) is 37.7. The molecule has 4 rings (SSSR count). The molecule has 0 aromatic carbocycles. The molecule has 0 aromatic heterocycles. The van der Waals surface area contributed by atoms with Crippen molar-refractivity contribution in [1.29, 1.82) is 0 Å². The maximum absolute atomic E-state index is 12.8. The summed E-state index contributed by atoms with van der Waals surface area (Å²) in [7, 11) is 0. The quantitative estimate of drug-likeness (QED) is 0.316. The summed E-state index contributed by atoms with van der Waals surface area (Å²) in [6, 6.07) is 0.677. The second-order valence-electron chi connectivity index (χ2n) is 12.5. The van der Waals surface area contributed by atoms with Crippen molar-refractivity contribution in [3.05, 3.63) is 0 Å². The van der Waals surface area contributed by atoms with E-state index in [1.807, 2.05) is 11.8 Å². The van der Waals surface area contributed by atoms with Crippen LogP contribution in [0.3, 0.4) is 0 Å². The SMILES string of the molecule is O=C(O)C1(C2CCCCCCCCC2)CSC(C2NC(C3CCCCCCCCCC3)CCC2Cl)N1. The molecular formula is C30H53ClN2O2S. The molecule has 0 aromatic rings. The van der Waals surface area contributed by atoms with Gasteiger partial charge in [-0.05, 0) is 50.4 Å². The monoisotopic (exact) mass is 540 g/mol. The fourth-order valence-corrected chi connectivity index (χ4v) is 9.70. The van der Waals surface area contributed by atoms with Crippen molar-refractivity contribution in [2.24, 2.45) is 11.8 Å². The first-order chi connectivity index (χ1) is 17.6. The fourth-order valence-electron chi connectivity index (χ4n) is 7.61. The van der Waals surface area contributed by atoms with Crippen LogP contribution in [0.15, 0.2) is 0 Å². The van der Waals surface area contributed by atoms with Crippen molar-refractivity contribution < 1.29 is 9.90 Å². The van der Waals surface area contributed by atoms with Gasteiger partial charge in [0, 0.05) is 17.8 Å². The van der Waals surface area contributed by atoms with E-state index in [9.17, 15) is 9.90 Å². The van der Waals surface area contributed by atoms with Gasteiger partial charge in [0.1, 0.15) is 5.54 Å². The van der Waals surface area contributed by atoms with Crippen LogP contribution in [0, 0.1) is 11.8 Å². The van der Waals surface area contributed by atoms with Gasteiger partial charge >= 0.3 is 5.97 Å². The van der Waals surface area contributed by atoms with Gasteiger partial charge in [0.25, 0.3) is 0 Å². The molecule has 0 amide bonds. The Morgan fingerprint density at radius 1 is 0.722 bits per heavy atom. The number of halogens is 1. The molecule has 4 aliphatic rings. The Bertz CT molecular complexity index is 645. The number of piperidine rings is 1. The number of nitrogens with one attached hydrogen (secondary N) is 2. The van der Waals surface area contributed by atoms with Crippen LogP contribution in [0.5, 0.6) is 0 Å². The highest BCUT2D eigenvalue weighted by Crippen LogP contribution is 2.42. The van der Waals surface area contributed by atoms with Crippen LogP contribution >= 0.6 is 23.4 Å². The molecule has 4 fully saturated rings. The van der Waals surface area contributed by atoms with Crippen molar-refractivity contribution in [3.63, 3.8) is 0 Å². The Morgan fingerprint density at radius 3 is 1.75 bits per heavy atom. The lowest BCUT2D eigenvalue weighted by molar-refractivity contribution is -0.146. The average Bonchev–Trinajstić information content (AvgIpc) is 3.31. The maximum Gasteiger partial charge on any atom is 0.325 e. The van der Waals surface area contributed by atoms with Gasteiger partial charge in [-0.25, -0.2) is 0 Å². The van der Waals surface area contributed by atoms with Crippen LogP contribution in [-0.4, -0.2) is 45.2 Å². The molecule has 2 saturated heterocycles. The summed E-state index contributed by atoms with van der Waals surface area (Å²) in [5, 5.41) is 18.5. The van der Waals surface area contributed by atoms with Crippen molar-refractivity contribution in [2.45, 2.75) is 163 Å². The molecule has 0 bridgehead atoms. The summed E-state index contributed by atoms with van der Waals surface area (Å²) >= 11 is 8.81. The lowest BCUT2D eigenvalue weighted by Gasteiger charge is -2.42. The molecule has 0 spiro atoms. The third kappa shape index (κ3) is 7.79. The van der Waals surface area contributed by atoms with Crippen molar-refractivity contribution in [3.8, 4) is 0 Å². The molecule has 5 atom stereocenters. The van der Waals surface area contributed by atoms with E-state index in [1.54, 1.807) is 0 Å². The molecule has 0 radical (unpaired) electrons. The van der Waals surface area contributed by atoms with Crippen molar-refractivity contribution in [1.82, 2.24) is 10.6 Å². The lowest BCUT2D eigenvalue weighted by Crippen LogP contribution is -2.63. The second kappa shape index (κ2) is 15.0. The molecule has 2 aliphatic carbocycles. The van der Waals surface area contributed by atoms with Gasteiger partial charge in [0.05, 0.1) is 10.8 Å². The number of carboxylic acid groups (broad SMARTS) is 1. The molecule has 4 nitrogen and oxygen atoms in total. The highest BCUT2D eigenvalue weighted by atomic mass is 35.5. The third-order valence-corrected chi connectivity index (χ3v) is 11.8. The number of hydrogen-bond donors (Lipinski definition) is 3. The smallest absolute Gasteiger partial charge is 0.325 e. The van der Waals surface area contributed by atoms with Gasteiger partial charge < -0.3 is 10.4 Å². The maximum atomic E-state index is 12.8. The zero-order valence-corrected chi connectivity index (χ0v) is 24.2. The standard InChI is InChI=1S/C30H53ClN2O2S/c31-25-20-21-26(23-16-12-8-4-1-2-5-9-13-17-23)32-27(25)28-33-30(22-36-28,29(34)35)24-18-14-10-6-3-7-11-15-19-24/h23-28,32-33H,1-22H2,(H,34,35). The summed E-state index contributed by atoms with van der Waals surface area (Å²) in [6.45, 7) is 0. The second-order valence-corrected chi connectivity index (χ2v) is 14.2. The van der Waals surface area contributed by atoms with Gasteiger partial charge in [0.15, 0.2) is 0 Å². The zero-order chi connectivity index (χ0) is 25.2. The van der Waals surface area contributed by atoms with Gasteiger partial charge in [-0.15, -0.1) is 23.4 Å². The van der Waals surface area contributed by atoms with E-state index in [4.69, 9.17) is 11.6 Å². The topological polar surface area (TPSA) is 61.4 Å².